The highest BCUT2D eigenvalue weighted by molar-refractivity contribution is 7.09. The Labute approximate surface area is 185 Å². The number of hydrogen-bond donors (Lipinski definition) is 4. The number of benzene rings is 2. The van der Waals surface area contributed by atoms with Gasteiger partial charge in [-0.3, -0.25) is 9.78 Å². The summed E-state index contributed by atoms with van der Waals surface area (Å²) in [5.41, 5.74) is 2.05. The summed E-state index contributed by atoms with van der Waals surface area (Å²) >= 11 is 1.01. The lowest BCUT2D eigenvalue weighted by Gasteiger charge is -2.24. The molecule has 2 atom stereocenters. The summed E-state index contributed by atoms with van der Waals surface area (Å²) in [4.78, 5) is 16.0. The Morgan fingerprint density at radius 3 is 2.52 bits per heavy atom. The first kappa shape index (κ1) is 22.9. The monoisotopic (exact) mass is 443 g/mol. The summed E-state index contributed by atoms with van der Waals surface area (Å²) < 4.78 is 5.83. The van der Waals surface area contributed by atoms with E-state index in [2.05, 4.69) is 10.3 Å². The van der Waals surface area contributed by atoms with Crippen LogP contribution in [0.4, 0.5) is 5.69 Å². The van der Waals surface area contributed by atoms with Gasteiger partial charge in [0.2, 0.25) is 5.88 Å². The van der Waals surface area contributed by atoms with Gasteiger partial charge in [0, 0.05) is 38.3 Å². The molecule has 0 saturated carbocycles. The van der Waals surface area contributed by atoms with E-state index < -0.39 is 6.10 Å². The maximum absolute atomic E-state index is 11.3. The second-order valence-electron chi connectivity index (χ2n) is 7.60. The molecule has 3 rings (SSSR count). The number of likely N-dealkylation sites (N-methyl/N-ethyl adjacent to an activating group) is 1. The number of aliphatic hydroxyl groups is 1. The first-order valence-corrected chi connectivity index (χ1v) is 11.0. The van der Waals surface area contributed by atoms with Gasteiger partial charge >= 0.3 is 4.87 Å². The SMILES string of the molecule is CC(COc1ccc(Cc2sc(=O)[nH]c2O)cc1)NCC(O)CN(C)c1ccccc1. The summed E-state index contributed by atoms with van der Waals surface area (Å²) in [5, 5.41) is 23.3. The highest BCUT2D eigenvalue weighted by Gasteiger charge is 2.11. The van der Waals surface area contributed by atoms with Gasteiger partial charge in [-0.05, 0) is 36.8 Å². The quantitative estimate of drug-likeness (QED) is 0.364. The molecule has 0 spiro atoms. The molecule has 0 radical (unpaired) electrons. The number of aromatic hydroxyl groups is 1. The van der Waals surface area contributed by atoms with Crippen LogP contribution in [-0.2, 0) is 6.42 Å². The van der Waals surface area contributed by atoms with Gasteiger partial charge in [0.25, 0.3) is 0 Å². The lowest BCUT2D eigenvalue weighted by molar-refractivity contribution is 0.167. The van der Waals surface area contributed by atoms with Gasteiger partial charge in [0.1, 0.15) is 12.4 Å². The minimum atomic E-state index is -0.493. The van der Waals surface area contributed by atoms with Crippen molar-refractivity contribution in [2.45, 2.75) is 25.5 Å². The van der Waals surface area contributed by atoms with Crippen molar-refractivity contribution in [3.63, 3.8) is 0 Å². The Morgan fingerprint density at radius 1 is 1.16 bits per heavy atom. The minimum absolute atomic E-state index is 0.0626. The first-order chi connectivity index (χ1) is 14.9. The van der Waals surface area contributed by atoms with Crippen molar-refractivity contribution in [2.75, 3.05) is 31.6 Å². The first-order valence-electron chi connectivity index (χ1n) is 10.2. The number of aromatic nitrogens is 1. The number of ether oxygens (including phenoxy) is 1. The van der Waals surface area contributed by atoms with Gasteiger partial charge in [0.15, 0.2) is 0 Å². The zero-order valence-electron chi connectivity index (χ0n) is 17.7. The topological polar surface area (TPSA) is 97.8 Å². The summed E-state index contributed by atoms with van der Waals surface area (Å²) in [6.45, 7) is 3.50. The van der Waals surface area contributed by atoms with Crippen LogP contribution in [0.5, 0.6) is 11.6 Å². The van der Waals surface area contributed by atoms with Crippen LogP contribution in [-0.4, -0.2) is 54.1 Å². The van der Waals surface area contributed by atoms with E-state index in [0.717, 1.165) is 28.3 Å². The van der Waals surface area contributed by atoms with Crippen LogP contribution in [0.3, 0.4) is 0 Å². The molecule has 31 heavy (non-hydrogen) atoms. The van der Waals surface area contributed by atoms with E-state index in [1.54, 1.807) is 0 Å². The molecule has 0 amide bonds. The van der Waals surface area contributed by atoms with E-state index in [4.69, 9.17) is 4.74 Å². The molecule has 7 nitrogen and oxygen atoms in total. The zero-order chi connectivity index (χ0) is 22.2. The fourth-order valence-electron chi connectivity index (χ4n) is 3.15. The standard InChI is InChI=1S/C23H29N3O4S/c1-16(24-13-19(27)14-26(2)18-6-4-3-5-7-18)15-30-20-10-8-17(9-11-20)12-21-22(28)25-23(29)31-21/h3-11,16,19,24,27-28H,12-15H2,1-2H3,(H,25,29). The predicted octanol–water partition coefficient (Wildman–Crippen LogP) is 2.59. The predicted molar refractivity (Wildman–Crippen MR) is 125 cm³/mol. The van der Waals surface area contributed by atoms with Crippen LogP contribution in [0.25, 0.3) is 0 Å². The van der Waals surface area contributed by atoms with Gasteiger partial charge < -0.3 is 25.2 Å². The average molecular weight is 444 g/mol. The van der Waals surface area contributed by atoms with Crippen LogP contribution < -0.4 is 19.8 Å². The molecule has 8 heteroatoms. The molecule has 0 fully saturated rings. The smallest absolute Gasteiger partial charge is 0.307 e. The molecule has 1 aromatic heterocycles. The molecular formula is C23H29N3O4S. The number of H-pyrrole nitrogens is 1. The van der Waals surface area contributed by atoms with Crippen LogP contribution in [0, 0.1) is 0 Å². The van der Waals surface area contributed by atoms with Crippen molar-refractivity contribution in [1.82, 2.24) is 10.3 Å². The van der Waals surface area contributed by atoms with Crippen LogP contribution in [0.2, 0.25) is 0 Å². The molecule has 0 bridgehead atoms. The van der Waals surface area contributed by atoms with Crippen molar-refractivity contribution in [1.29, 1.82) is 0 Å². The molecule has 166 valence electrons. The fourth-order valence-corrected chi connectivity index (χ4v) is 3.90. The number of hydrogen-bond acceptors (Lipinski definition) is 7. The molecule has 0 aliphatic carbocycles. The number of rotatable bonds is 11. The molecule has 2 unspecified atom stereocenters. The largest absolute Gasteiger partial charge is 0.494 e. The third-order valence-corrected chi connectivity index (χ3v) is 5.74. The number of nitrogens with one attached hydrogen (secondary N) is 2. The molecule has 0 aliphatic rings. The Hall–Kier alpha value is -2.81. The number of anilines is 1. The molecular weight excluding hydrogens is 414 g/mol. The normalized spacial score (nSPS) is 13.0. The van der Waals surface area contributed by atoms with E-state index in [1.807, 2.05) is 73.5 Å². The summed E-state index contributed by atoms with van der Waals surface area (Å²) in [5.74, 6) is 0.681. The molecule has 2 aromatic carbocycles. The second-order valence-corrected chi connectivity index (χ2v) is 8.66. The number of nitrogens with zero attached hydrogens (tertiary/aromatic N) is 1. The summed E-state index contributed by atoms with van der Waals surface area (Å²) in [6, 6.07) is 17.6. The Kier molecular flexibility index (Phi) is 8.11. The molecule has 1 heterocycles. The van der Waals surface area contributed by atoms with E-state index >= 15 is 0 Å². The third kappa shape index (κ3) is 7.13. The highest BCUT2D eigenvalue weighted by atomic mass is 32.1. The van der Waals surface area contributed by atoms with E-state index in [1.165, 1.54) is 0 Å². The van der Waals surface area contributed by atoms with Crippen molar-refractivity contribution >= 4 is 17.0 Å². The maximum Gasteiger partial charge on any atom is 0.307 e. The van der Waals surface area contributed by atoms with Crippen molar-refractivity contribution in [2.24, 2.45) is 0 Å². The second kappa shape index (κ2) is 11.0. The average Bonchev–Trinajstić information content (AvgIpc) is 3.08. The van der Waals surface area contributed by atoms with Crippen LogP contribution in [0.15, 0.2) is 59.4 Å². The van der Waals surface area contributed by atoms with E-state index in [0.29, 0.717) is 31.0 Å². The van der Waals surface area contributed by atoms with Gasteiger partial charge in [0.05, 0.1) is 11.0 Å². The van der Waals surface area contributed by atoms with E-state index in [-0.39, 0.29) is 16.8 Å². The van der Waals surface area contributed by atoms with Crippen molar-refractivity contribution in [3.8, 4) is 11.6 Å². The fraction of sp³-hybridized carbons (Fsp3) is 0.348. The third-order valence-electron chi connectivity index (χ3n) is 4.87. The Balaban J connectivity index is 1.38. The lowest BCUT2D eigenvalue weighted by Crippen LogP contribution is -2.41. The minimum Gasteiger partial charge on any atom is -0.494 e. The van der Waals surface area contributed by atoms with E-state index in [9.17, 15) is 15.0 Å². The zero-order valence-corrected chi connectivity index (χ0v) is 18.6. The molecule has 0 aliphatic heterocycles. The number of aliphatic hydroxyl groups excluding tert-OH is 1. The molecule has 4 N–H and O–H groups in total. The van der Waals surface area contributed by atoms with Crippen molar-refractivity contribution < 1.29 is 14.9 Å². The molecule has 3 aromatic rings. The number of thiazole rings is 1. The highest BCUT2D eigenvalue weighted by Crippen LogP contribution is 2.21. The van der Waals surface area contributed by atoms with Gasteiger partial charge in [-0.25, -0.2) is 0 Å². The summed E-state index contributed by atoms with van der Waals surface area (Å²) in [7, 11) is 1.96. The molecule has 0 saturated heterocycles. The van der Waals surface area contributed by atoms with Crippen LogP contribution >= 0.6 is 11.3 Å². The van der Waals surface area contributed by atoms with Gasteiger partial charge in [-0.15, -0.1) is 0 Å². The number of aromatic amines is 1. The van der Waals surface area contributed by atoms with Gasteiger partial charge in [-0.2, -0.15) is 0 Å². The van der Waals surface area contributed by atoms with Crippen molar-refractivity contribution in [3.05, 3.63) is 74.7 Å². The lowest BCUT2D eigenvalue weighted by atomic mass is 10.1. The Bertz CT molecular complexity index is 988. The Morgan fingerprint density at radius 2 is 1.87 bits per heavy atom. The number of para-hydroxylation sites is 1. The maximum atomic E-state index is 11.3. The van der Waals surface area contributed by atoms with Gasteiger partial charge in [-0.1, -0.05) is 41.7 Å². The summed E-state index contributed by atoms with van der Waals surface area (Å²) in [6.07, 6.45) is -0.00418. The van der Waals surface area contributed by atoms with Crippen LogP contribution in [0.1, 0.15) is 17.4 Å².